The van der Waals surface area contributed by atoms with Gasteiger partial charge in [0.05, 0.1) is 6.10 Å². The van der Waals surface area contributed by atoms with Gasteiger partial charge in [-0.3, -0.25) is 0 Å². The summed E-state index contributed by atoms with van der Waals surface area (Å²) in [6, 6.07) is 0.184. The molecule has 2 aliphatic rings. The summed E-state index contributed by atoms with van der Waals surface area (Å²) >= 11 is 0. The fourth-order valence-electron chi connectivity index (χ4n) is 2.75. The predicted octanol–water partition coefficient (Wildman–Crippen LogP) is 1.77. The molecule has 1 aliphatic heterocycles. The van der Waals surface area contributed by atoms with E-state index in [0.29, 0.717) is 12.3 Å². The summed E-state index contributed by atoms with van der Waals surface area (Å²) in [5.74, 6) is 0.460. The summed E-state index contributed by atoms with van der Waals surface area (Å²) < 4.78 is 5.37. The van der Waals surface area contributed by atoms with Gasteiger partial charge in [0.1, 0.15) is 5.60 Å². The molecule has 4 nitrogen and oxygen atoms in total. The monoisotopic (exact) mass is 227 g/mol. The number of carbonyl (C=O) groups is 1. The quantitative estimate of drug-likeness (QED) is 0.686. The van der Waals surface area contributed by atoms with Gasteiger partial charge < -0.3 is 14.7 Å². The van der Waals surface area contributed by atoms with E-state index < -0.39 is 5.60 Å². The van der Waals surface area contributed by atoms with Crippen LogP contribution in [0.15, 0.2) is 0 Å². The van der Waals surface area contributed by atoms with Gasteiger partial charge in [0.15, 0.2) is 0 Å². The Morgan fingerprint density at radius 3 is 2.62 bits per heavy atom. The van der Waals surface area contributed by atoms with Crippen molar-refractivity contribution in [2.45, 2.75) is 57.8 Å². The van der Waals surface area contributed by atoms with Crippen molar-refractivity contribution >= 4 is 6.09 Å². The molecule has 0 aromatic heterocycles. The molecule has 2 rings (SSSR count). The molecule has 1 heterocycles. The fraction of sp³-hybridized carbons (Fsp3) is 0.917. The second kappa shape index (κ2) is 3.91. The predicted molar refractivity (Wildman–Crippen MR) is 60.1 cm³/mol. The molecular formula is C12H21NO3. The molecule has 3 atom stereocenters. The number of hydrogen-bond donors (Lipinski definition) is 1. The van der Waals surface area contributed by atoms with E-state index in [2.05, 4.69) is 0 Å². The summed E-state index contributed by atoms with van der Waals surface area (Å²) in [6.45, 7) is 6.38. The molecule has 4 heteroatoms. The van der Waals surface area contributed by atoms with E-state index >= 15 is 0 Å². The number of fused-ring (bicyclic) bond motifs is 2. The van der Waals surface area contributed by atoms with E-state index in [1.165, 1.54) is 0 Å². The third kappa shape index (κ3) is 2.48. The molecule has 0 aromatic carbocycles. The number of nitrogens with zero attached hydrogens (tertiary/aromatic N) is 1. The van der Waals surface area contributed by atoms with E-state index in [4.69, 9.17) is 4.74 Å². The smallest absolute Gasteiger partial charge is 0.410 e. The van der Waals surface area contributed by atoms with Crippen molar-refractivity contribution in [1.29, 1.82) is 0 Å². The van der Waals surface area contributed by atoms with Crippen molar-refractivity contribution in [3.63, 3.8) is 0 Å². The van der Waals surface area contributed by atoms with Crippen molar-refractivity contribution in [3.8, 4) is 0 Å². The Hall–Kier alpha value is -0.770. The van der Waals surface area contributed by atoms with Gasteiger partial charge >= 0.3 is 6.09 Å². The first kappa shape index (κ1) is 11.7. The van der Waals surface area contributed by atoms with Gasteiger partial charge in [-0.05, 0) is 46.0 Å². The van der Waals surface area contributed by atoms with Gasteiger partial charge in [-0.1, -0.05) is 0 Å². The zero-order valence-electron chi connectivity index (χ0n) is 10.3. The molecular weight excluding hydrogens is 206 g/mol. The maximum absolute atomic E-state index is 11.9. The van der Waals surface area contributed by atoms with Crippen LogP contribution in [0.4, 0.5) is 4.79 Å². The van der Waals surface area contributed by atoms with Crippen LogP contribution in [-0.4, -0.2) is 40.4 Å². The lowest BCUT2D eigenvalue weighted by molar-refractivity contribution is 0.0194. The zero-order chi connectivity index (χ0) is 11.9. The highest BCUT2D eigenvalue weighted by Crippen LogP contribution is 2.36. The summed E-state index contributed by atoms with van der Waals surface area (Å²) in [5, 5.41) is 9.64. The molecule has 1 amide bonds. The van der Waals surface area contributed by atoms with Crippen molar-refractivity contribution in [3.05, 3.63) is 0 Å². The second-order valence-corrected chi connectivity index (χ2v) is 6.01. The van der Waals surface area contributed by atoms with Gasteiger partial charge in [-0.2, -0.15) is 0 Å². The standard InChI is InChI=1S/C12H21NO3/c1-12(2,3)16-11(15)13-7-8-4-9(13)6-10(14)5-8/h8-10,14H,4-7H2,1-3H3/t8-,9-,10+/m1/s1. The van der Waals surface area contributed by atoms with Crippen LogP contribution in [0, 0.1) is 5.92 Å². The first-order chi connectivity index (χ1) is 7.35. The number of aliphatic hydroxyl groups excluding tert-OH is 1. The molecule has 2 fully saturated rings. The average molecular weight is 227 g/mol. The minimum atomic E-state index is -0.438. The van der Waals surface area contributed by atoms with Gasteiger partial charge in [-0.25, -0.2) is 4.79 Å². The maximum Gasteiger partial charge on any atom is 0.410 e. The molecule has 0 radical (unpaired) electrons. The Morgan fingerprint density at radius 1 is 1.31 bits per heavy atom. The van der Waals surface area contributed by atoms with E-state index in [0.717, 1.165) is 19.4 Å². The van der Waals surface area contributed by atoms with Gasteiger partial charge in [0.25, 0.3) is 0 Å². The molecule has 0 spiro atoms. The van der Waals surface area contributed by atoms with Crippen LogP contribution >= 0.6 is 0 Å². The Bertz CT molecular complexity index is 284. The molecule has 0 aromatic rings. The van der Waals surface area contributed by atoms with Gasteiger partial charge in [0.2, 0.25) is 0 Å². The van der Waals surface area contributed by atoms with E-state index in [9.17, 15) is 9.90 Å². The number of hydrogen-bond acceptors (Lipinski definition) is 3. The van der Waals surface area contributed by atoms with Crippen molar-refractivity contribution in [2.75, 3.05) is 6.54 Å². The van der Waals surface area contributed by atoms with Crippen molar-refractivity contribution in [2.24, 2.45) is 5.92 Å². The number of carbonyl (C=O) groups excluding carboxylic acids is 1. The SMILES string of the molecule is CC(C)(C)OC(=O)N1C[C@H]2C[C@H](O)C[C@H]1C2. The number of rotatable bonds is 0. The number of aliphatic hydroxyl groups is 1. The summed E-state index contributed by atoms with van der Waals surface area (Å²) in [5.41, 5.74) is -0.438. The van der Waals surface area contributed by atoms with Crippen LogP contribution in [-0.2, 0) is 4.74 Å². The lowest BCUT2D eigenvalue weighted by Gasteiger charge is -2.29. The van der Waals surface area contributed by atoms with Crippen LogP contribution in [0.1, 0.15) is 40.0 Å². The van der Waals surface area contributed by atoms with Crippen molar-refractivity contribution in [1.82, 2.24) is 4.90 Å². The Morgan fingerprint density at radius 2 is 2.00 bits per heavy atom. The molecule has 92 valence electrons. The van der Waals surface area contributed by atoms with Gasteiger partial charge in [-0.15, -0.1) is 0 Å². The molecule has 16 heavy (non-hydrogen) atoms. The van der Waals surface area contributed by atoms with Gasteiger partial charge in [0, 0.05) is 12.6 Å². The van der Waals surface area contributed by atoms with E-state index in [1.807, 2.05) is 20.8 Å². The first-order valence-electron chi connectivity index (χ1n) is 6.03. The molecule has 1 N–H and O–H groups in total. The molecule has 2 bridgehead atoms. The molecule has 0 unspecified atom stereocenters. The zero-order valence-corrected chi connectivity index (χ0v) is 10.3. The van der Waals surface area contributed by atoms with Crippen LogP contribution in [0.2, 0.25) is 0 Å². The molecule has 1 aliphatic carbocycles. The average Bonchev–Trinajstić information content (AvgIpc) is 2.38. The van der Waals surface area contributed by atoms with Crippen LogP contribution in [0.5, 0.6) is 0 Å². The highest BCUT2D eigenvalue weighted by Gasteiger charge is 2.42. The third-order valence-electron chi connectivity index (χ3n) is 3.28. The minimum Gasteiger partial charge on any atom is -0.444 e. The maximum atomic E-state index is 11.9. The minimum absolute atomic E-state index is 0.184. The van der Waals surface area contributed by atoms with Crippen molar-refractivity contribution < 1.29 is 14.6 Å². The second-order valence-electron chi connectivity index (χ2n) is 6.01. The highest BCUT2D eigenvalue weighted by molar-refractivity contribution is 5.69. The Labute approximate surface area is 96.6 Å². The summed E-state index contributed by atoms with van der Waals surface area (Å²) in [7, 11) is 0. The van der Waals surface area contributed by atoms with E-state index in [-0.39, 0.29) is 18.2 Å². The lowest BCUT2D eigenvalue weighted by Crippen LogP contribution is -2.40. The highest BCUT2D eigenvalue weighted by atomic mass is 16.6. The van der Waals surface area contributed by atoms with E-state index in [1.54, 1.807) is 4.90 Å². The third-order valence-corrected chi connectivity index (χ3v) is 3.28. The summed E-state index contributed by atoms with van der Waals surface area (Å²) in [4.78, 5) is 13.7. The molecule has 1 saturated carbocycles. The lowest BCUT2D eigenvalue weighted by atomic mass is 9.88. The first-order valence-corrected chi connectivity index (χ1v) is 6.03. The van der Waals surface area contributed by atoms with Crippen LogP contribution in [0.25, 0.3) is 0 Å². The van der Waals surface area contributed by atoms with Crippen LogP contribution < -0.4 is 0 Å². The Kier molecular flexibility index (Phi) is 2.86. The number of ether oxygens (including phenoxy) is 1. The fourth-order valence-corrected chi connectivity index (χ4v) is 2.75. The topological polar surface area (TPSA) is 49.8 Å². The number of amides is 1. The largest absolute Gasteiger partial charge is 0.444 e. The normalized spacial score (nSPS) is 34.0. The number of likely N-dealkylation sites (tertiary alicyclic amines) is 1. The summed E-state index contributed by atoms with van der Waals surface area (Å²) in [6.07, 6.45) is 2.09. The molecule has 1 saturated heterocycles. The van der Waals surface area contributed by atoms with Crippen LogP contribution in [0.3, 0.4) is 0 Å². The Balaban J connectivity index is 1.98.